The average molecular weight is 434 g/mol. The minimum atomic E-state index is -3.89. The Morgan fingerprint density at radius 2 is 1.67 bits per heavy atom. The lowest BCUT2D eigenvalue weighted by molar-refractivity contribution is -0.384. The predicted octanol–water partition coefficient (Wildman–Crippen LogP) is 3.55. The van der Waals surface area contributed by atoms with E-state index < -0.39 is 26.9 Å². The van der Waals surface area contributed by atoms with Crippen LogP contribution in [0.2, 0.25) is 0 Å². The van der Waals surface area contributed by atoms with Crippen molar-refractivity contribution < 1.29 is 18.1 Å². The Balaban J connectivity index is 2.40. The fourth-order valence-corrected chi connectivity index (χ4v) is 4.59. The SMILES string of the molecule is Cc1ccc(C)c([C@H](C)NC(=O)[C@@H](C)N(c2cc([N+](=O)[O-])ccc2C)S(C)(=O)=O)c1. The number of anilines is 1. The van der Waals surface area contributed by atoms with Crippen LogP contribution in [0.1, 0.15) is 42.1 Å². The van der Waals surface area contributed by atoms with Crippen molar-refractivity contribution in [1.29, 1.82) is 0 Å². The van der Waals surface area contributed by atoms with Crippen LogP contribution in [-0.4, -0.2) is 31.5 Å². The number of sulfonamides is 1. The lowest BCUT2D eigenvalue weighted by Gasteiger charge is -2.30. The molecule has 0 bridgehead atoms. The molecule has 30 heavy (non-hydrogen) atoms. The minimum Gasteiger partial charge on any atom is -0.348 e. The fourth-order valence-electron chi connectivity index (χ4n) is 3.37. The Bertz CT molecular complexity index is 1080. The standard InChI is InChI=1S/C21H27N3O5S/c1-13-7-8-14(2)19(11-13)16(4)22-21(25)17(5)23(30(6,28)29)20-12-18(24(26)27)10-9-15(20)3/h7-12,16-17H,1-6H3,(H,22,25)/t16-,17+/m0/s1. The first kappa shape index (κ1) is 23.3. The number of nitro groups is 1. The van der Waals surface area contributed by atoms with Crippen molar-refractivity contribution in [2.24, 2.45) is 0 Å². The van der Waals surface area contributed by atoms with Gasteiger partial charge in [0.1, 0.15) is 6.04 Å². The molecule has 1 amide bonds. The number of amides is 1. The zero-order valence-electron chi connectivity index (χ0n) is 18.0. The molecule has 0 heterocycles. The van der Waals surface area contributed by atoms with Crippen molar-refractivity contribution in [3.8, 4) is 0 Å². The van der Waals surface area contributed by atoms with E-state index >= 15 is 0 Å². The summed E-state index contributed by atoms with van der Waals surface area (Å²) in [5.41, 5.74) is 3.36. The third-order valence-corrected chi connectivity index (χ3v) is 6.22. The quantitative estimate of drug-likeness (QED) is 0.530. The fraction of sp³-hybridized carbons (Fsp3) is 0.381. The molecule has 2 aromatic carbocycles. The van der Waals surface area contributed by atoms with E-state index in [-0.39, 0.29) is 17.4 Å². The molecule has 2 aromatic rings. The molecular weight excluding hydrogens is 406 g/mol. The van der Waals surface area contributed by atoms with E-state index in [1.54, 1.807) is 6.92 Å². The third-order valence-electron chi connectivity index (χ3n) is 4.99. The van der Waals surface area contributed by atoms with E-state index in [1.807, 2.05) is 39.0 Å². The Kier molecular flexibility index (Phi) is 6.87. The first-order valence-corrected chi connectivity index (χ1v) is 11.3. The van der Waals surface area contributed by atoms with Gasteiger partial charge in [0.2, 0.25) is 15.9 Å². The largest absolute Gasteiger partial charge is 0.348 e. The van der Waals surface area contributed by atoms with Gasteiger partial charge in [0.15, 0.2) is 0 Å². The van der Waals surface area contributed by atoms with Crippen LogP contribution in [0.15, 0.2) is 36.4 Å². The van der Waals surface area contributed by atoms with Gasteiger partial charge in [-0.1, -0.05) is 29.8 Å². The van der Waals surface area contributed by atoms with Crippen LogP contribution in [0.5, 0.6) is 0 Å². The monoisotopic (exact) mass is 433 g/mol. The summed E-state index contributed by atoms with van der Waals surface area (Å²) in [6.07, 6.45) is 0.975. The summed E-state index contributed by atoms with van der Waals surface area (Å²) in [6, 6.07) is 8.42. The van der Waals surface area contributed by atoms with Crippen molar-refractivity contribution in [2.45, 2.75) is 46.7 Å². The van der Waals surface area contributed by atoms with Crippen LogP contribution in [0.25, 0.3) is 0 Å². The van der Waals surface area contributed by atoms with Crippen LogP contribution in [-0.2, 0) is 14.8 Å². The Labute approximate surface area is 177 Å². The number of benzene rings is 2. The molecule has 0 aliphatic rings. The van der Waals surface area contributed by atoms with Gasteiger partial charge in [-0.25, -0.2) is 8.42 Å². The van der Waals surface area contributed by atoms with Gasteiger partial charge >= 0.3 is 0 Å². The Morgan fingerprint density at radius 1 is 1.07 bits per heavy atom. The summed E-state index contributed by atoms with van der Waals surface area (Å²) >= 11 is 0. The lowest BCUT2D eigenvalue weighted by atomic mass is 10.00. The van der Waals surface area contributed by atoms with Gasteiger partial charge in [0.05, 0.1) is 22.9 Å². The molecule has 1 N–H and O–H groups in total. The zero-order chi connectivity index (χ0) is 22.8. The number of nitro benzene ring substituents is 1. The molecule has 8 nitrogen and oxygen atoms in total. The predicted molar refractivity (Wildman–Crippen MR) is 117 cm³/mol. The molecule has 0 saturated carbocycles. The second-order valence-corrected chi connectivity index (χ2v) is 9.41. The first-order chi connectivity index (χ1) is 13.8. The molecule has 0 unspecified atom stereocenters. The number of carbonyl (C=O) groups is 1. The number of carbonyl (C=O) groups excluding carboxylic acids is 1. The van der Waals surface area contributed by atoms with Gasteiger partial charge < -0.3 is 5.32 Å². The molecule has 0 radical (unpaired) electrons. The number of hydrogen-bond acceptors (Lipinski definition) is 5. The first-order valence-electron chi connectivity index (χ1n) is 9.45. The highest BCUT2D eigenvalue weighted by Crippen LogP contribution is 2.29. The lowest BCUT2D eigenvalue weighted by Crippen LogP contribution is -2.48. The van der Waals surface area contributed by atoms with Gasteiger partial charge in [0.25, 0.3) is 5.69 Å². The molecular formula is C21H27N3O5S. The Hall–Kier alpha value is -2.94. The molecule has 0 spiro atoms. The van der Waals surface area contributed by atoms with Gasteiger partial charge in [-0.3, -0.25) is 19.2 Å². The van der Waals surface area contributed by atoms with Gasteiger partial charge in [-0.2, -0.15) is 0 Å². The summed E-state index contributed by atoms with van der Waals surface area (Å²) in [4.78, 5) is 23.5. The van der Waals surface area contributed by atoms with E-state index in [0.717, 1.165) is 27.3 Å². The Morgan fingerprint density at radius 3 is 2.23 bits per heavy atom. The van der Waals surface area contributed by atoms with E-state index in [9.17, 15) is 23.3 Å². The highest BCUT2D eigenvalue weighted by molar-refractivity contribution is 7.92. The smallest absolute Gasteiger partial charge is 0.271 e. The van der Waals surface area contributed by atoms with E-state index in [2.05, 4.69) is 5.32 Å². The number of non-ortho nitro benzene ring substituents is 1. The molecule has 2 rings (SSSR count). The van der Waals surface area contributed by atoms with Crippen molar-refractivity contribution >= 4 is 27.3 Å². The summed E-state index contributed by atoms with van der Waals surface area (Å²) in [5, 5.41) is 14.0. The van der Waals surface area contributed by atoms with Gasteiger partial charge in [0, 0.05) is 12.1 Å². The second kappa shape index (κ2) is 8.83. The van der Waals surface area contributed by atoms with Crippen LogP contribution in [0.3, 0.4) is 0 Å². The number of hydrogen-bond donors (Lipinski definition) is 1. The summed E-state index contributed by atoms with van der Waals surface area (Å²) in [5.74, 6) is -0.500. The molecule has 0 aliphatic heterocycles. The molecule has 9 heteroatoms. The highest BCUT2D eigenvalue weighted by atomic mass is 32.2. The third kappa shape index (κ3) is 5.15. The summed E-state index contributed by atoms with van der Waals surface area (Å²) < 4.78 is 26.0. The maximum atomic E-state index is 13.0. The van der Waals surface area contributed by atoms with Crippen LogP contribution in [0.4, 0.5) is 11.4 Å². The highest BCUT2D eigenvalue weighted by Gasteiger charge is 2.32. The van der Waals surface area contributed by atoms with Gasteiger partial charge in [-0.05, 0) is 51.3 Å². The summed E-state index contributed by atoms with van der Waals surface area (Å²) in [7, 11) is -3.89. The molecule has 162 valence electrons. The molecule has 2 atom stereocenters. The summed E-state index contributed by atoms with van der Waals surface area (Å²) in [6.45, 7) is 8.83. The average Bonchev–Trinajstić information content (AvgIpc) is 2.63. The van der Waals surface area contributed by atoms with Crippen molar-refractivity contribution in [3.63, 3.8) is 0 Å². The van der Waals surface area contributed by atoms with E-state index in [4.69, 9.17) is 0 Å². The van der Waals surface area contributed by atoms with Crippen LogP contribution >= 0.6 is 0 Å². The zero-order valence-corrected chi connectivity index (χ0v) is 18.8. The topological polar surface area (TPSA) is 110 Å². The second-order valence-electron chi connectivity index (χ2n) is 7.55. The normalized spacial score (nSPS) is 13.4. The van der Waals surface area contributed by atoms with Crippen LogP contribution < -0.4 is 9.62 Å². The van der Waals surface area contributed by atoms with Crippen molar-refractivity contribution in [2.75, 3.05) is 10.6 Å². The van der Waals surface area contributed by atoms with E-state index in [1.165, 1.54) is 25.1 Å². The maximum Gasteiger partial charge on any atom is 0.271 e. The maximum absolute atomic E-state index is 13.0. The number of nitrogens with one attached hydrogen (secondary N) is 1. The molecule has 0 aromatic heterocycles. The minimum absolute atomic E-state index is 0.105. The van der Waals surface area contributed by atoms with Crippen LogP contribution in [0, 0.1) is 30.9 Å². The molecule has 0 saturated heterocycles. The number of rotatable bonds is 7. The van der Waals surface area contributed by atoms with Crippen molar-refractivity contribution in [3.05, 3.63) is 68.8 Å². The van der Waals surface area contributed by atoms with E-state index in [0.29, 0.717) is 5.56 Å². The number of aryl methyl sites for hydroxylation is 3. The van der Waals surface area contributed by atoms with Crippen molar-refractivity contribution in [1.82, 2.24) is 5.32 Å². The van der Waals surface area contributed by atoms with Gasteiger partial charge in [-0.15, -0.1) is 0 Å². The molecule has 0 aliphatic carbocycles. The molecule has 0 fully saturated rings. The number of nitrogens with zero attached hydrogens (tertiary/aromatic N) is 2.